The topological polar surface area (TPSA) is 128 Å². The van der Waals surface area contributed by atoms with Crippen LogP contribution in [-0.4, -0.2) is 56.7 Å². The smallest absolute Gasteiger partial charge is 0.408 e. The Bertz CT molecular complexity index is 1090. The van der Waals surface area contributed by atoms with Gasteiger partial charge in [-0.15, -0.1) is 0 Å². The SMILES string of the molecule is CCC(C)N(C(=O)C(Cc1ccc(O)cc1)NC(=O)OC(C)(C)C)C(C(=O)NC(C)C)c1ccccc1O. The molecule has 0 aliphatic carbocycles. The van der Waals surface area contributed by atoms with E-state index in [1.54, 1.807) is 51.1 Å². The summed E-state index contributed by atoms with van der Waals surface area (Å²) in [7, 11) is 0. The van der Waals surface area contributed by atoms with Gasteiger partial charge in [-0.25, -0.2) is 4.79 Å². The zero-order valence-corrected chi connectivity index (χ0v) is 23.3. The number of phenolic OH excluding ortho intramolecular Hbond substituents is 2. The molecule has 0 saturated carbocycles. The summed E-state index contributed by atoms with van der Waals surface area (Å²) in [4.78, 5) is 42.0. The molecule has 9 heteroatoms. The van der Waals surface area contributed by atoms with Gasteiger partial charge in [0.25, 0.3) is 0 Å². The van der Waals surface area contributed by atoms with Crippen molar-refractivity contribution in [2.45, 2.75) is 91.1 Å². The molecule has 3 unspecified atom stereocenters. The molecule has 0 aromatic heterocycles. The Balaban J connectivity index is 2.60. The molecule has 208 valence electrons. The second-order valence-corrected chi connectivity index (χ2v) is 10.7. The highest BCUT2D eigenvalue weighted by Crippen LogP contribution is 2.32. The second kappa shape index (κ2) is 13.2. The molecule has 0 aliphatic rings. The van der Waals surface area contributed by atoms with Crippen LogP contribution in [0.3, 0.4) is 0 Å². The van der Waals surface area contributed by atoms with Crippen LogP contribution >= 0.6 is 0 Å². The number of ether oxygens (including phenoxy) is 1. The third-order valence-electron chi connectivity index (χ3n) is 5.87. The van der Waals surface area contributed by atoms with E-state index < -0.39 is 41.6 Å². The van der Waals surface area contributed by atoms with Crippen molar-refractivity contribution in [3.05, 3.63) is 59.7 Å². The van der Waals surface area contributed by atoms with Crippen LogP contribution in [0, 0.1) is 0 Å². The fourth-order valence-corrected chi connectivity index (χ4v) is 3.99. The Morgan fingerprint density at radius 1 is 0.947 bits per heavy atom. The van der Waals surface area contributed by atoms with E-state index in [9.17, 15) is 24.6 Å². The van der Waals surface area contributed by atoms with Crippen molar-refractivity contribution in [2.24, 2.45) is 0 Å². The molecular formula is C29H41N3O6. The van der Waals surface area contributed by atoms with Crippen molar-refractivity contribution in [1.29, 1.82) is 0 Å². The number of carbonyl (C=O) groups is 3. The average molecular weight is 528 g/mol. The molecule has 38 heavy (non-hydrogen) atoms. The first kappa shape index (κ1) is 30.5. The van der Waals surface area contributed by atoms with Gasteiger partial charge in [0, 0.05) is 24.1 Å². The number of amides is 3. The van der Waals surface area contributed by atoms with Crippen molar-refractivity contribution in [2.75, 3.05) is 0 Å². The molecule has 0 heterocycles. The number of nitrogens with zero attached hydrogens (tertiary/aromatic N) is 1. The Labute approximate surface area is 225 Å². The standard InChI is InChI=1S/C29H41N3O6/c1-8-19(4)32(25(26(35)30-18(2)3)22-11-9-10-12-24(22)34)27(36)23(31-28(37)38-29(5,6)7)17-20-13-15-21(33)16-14-20/h9-16,18-19,23,25,33-34H,8,17H2,1-7H3,(H,30,35)(H,31,37). The van der Waals surface area contributed by atoms with Gasteiger partial charge in [0.1, 0.15) is 29.2 Å². The number of benzene rings is 2. The number of carbonyl (C=O) groups excluding carboxylic acids is 3. The first-order valence-corrected chi connectivity index (χ1v) is 12.9. The Hall–Kier alpha value is -3.75. The van der Waals surface area contributed by atoms with E-state index in [1.807, 2.05) is 27.7 Å². The summed E-state index contributed by atoms with van der Waals surface area (Å²) >= 11 is 0. The van der Waals surface area contributed by atoms with Gasteiger partial charge in [0.05, 0.1) is 0 Å². The molecule has 9 nitrogen and oxygen atoms in total. The van der Waals surface area contributed by atoms with Crippen LogP contribution in [0.2, 0.25) is 0 Å². The van der Waals surface area contributed by atoms with Crippen molar-refractivity contribution < 1.29 is 29.3 Å². The van der Waals surface area contributed by atoms with Crippen LogP contribution in [0.15, 0.2) is 48.5 Å². The Morgan fingerprint density at radius 2 is 1.55 bits per heavy atom. The highest BCUT2D eigenvalue weighted by Gasteiger charge is 2.39. The van der Waals surface area contributed by atoms with Crippen LogP contribution in [0.4, 0.5) is 4.79 Å². The molecule has 0 fully saturated rings. The number of hydrogen-bond donors (Lipinski definition) is 4. The zero-order valence-electron chi connectivity index (χ0n) is 23.3. The van der Waals surface area contributed by atoms with E-state index >= 15 is 0 Å². The lowest BCUT2D eigenvalue weighted by molar-refractivity contribution is -0.145. The maximum absolute atomic E-state index is 14.3. The second-order valence-electron chi connectivity index (χ2n) is 10.7. The molecule has 0 spiro atoms. The normalized spacial score (nSPS) is 13.8. The van der Waals surface area contributed by atoms with Gasteiger partial charge in [-0.05, 0) is 71.7 Å². The summed E-state index contributed by atoms with van der Waals surface area (Å²) < 4.78 is 5.43. The first-order valence-electron chi connectivity index (χ1n) is 12.9. The van der Waals surface area contributed by atoms with E-state index in [1.165, 1.54) is 23.1 Å². The largest absolute Gasteiger partial charge is 0.508 e. The first-order chi connectivity index (χ1) is 17.7. The average Bonchev–Trinajstić information content (AvgIpc) is 2.81. The maximum atomic E-state index is 14.3. The lowest BCUT2D eigenvalue weighted by Crippen LogP contribution is -2.56. The monoisotopic (exact) mass is 527 g/mol. The molecule has 0 saturated heterocycles. The van der Waals surface area contributed by atoms with E-state index in [4.69, 9.17) is 4.74 Å². The van der Waals surface area contributed by atoms with Crippen molar-refractivity contribution in [1.82, 2.24) is 15.5 Å². The number of aromatic hydroxyl groups is 2. The minimum Gasteiger partial charge on any atom is -0.508 e. The van der Waals surface area contributed by atoms with Crippen LogP contribution in [-0.2, 0) is 20.7 Å². The van der Waals surface area contributed by atoms with Gasteiger partial charge in [-0.3, -0.25) is 9.59 Å². The Morgan fingerprint density at radius 3 is 2.08 bits per heavy atom. The third-order valence-corrected chi connectivity index (χ3v) is 5.87. The summed E-state index contributed by atoms with van der Waals surface area (Å²) in [5.41, 5.74) is 0.175. The van der Waals surface area contributed by atoms with Crippen molar-refractivity contribution in [3.63, 3.8) is 0 Å². The summed E-state index contributed by atoms with van der Waals surface area (Å²) in [6, 6.07) is 9.85. The van der Waals surface area contributed by atoms with Gasteiger partial charge >= 0.3 is 6.09 Å². The molecular weight excluding hydrogens is 486 g/mol. The summed E-state index contributed by atoms with van der Waals surface area (Å²) in [6.07, 6.45) is -0.169. The molecule has 2 aromatic carbocycles. The van der Waals surface area contributed by atoms with Crippen LogP contribution in [0.1, 0.15) is 72.1 Å². The van der Waals surface area contributed by atoms with E-state index in [-0.39, 0.29) is 29.5 Å². The highest BCUT2D eigenvalue weighted by atomic mass is 16.6. The van der Waals surface area contributed by atoms with E-state index in [2.05, 4.69) is 10.6 Å². The number of rotatable bonds is 10. The molecule has 3 amide bonds. The predicted octanol–water partition coefficient (Wildman–Crippen LogP) is 4.43. The van der Waals surface area contributed by atoms with E-state index in [0.29, 0.717) is 12.0 Å². The third kappa shape index (κ3) is 8.68. The Kier molecular flexibility index (Phi) is 10.6. The summed E-state index contributed by atoms with van der Waals surface area (Å²) in [5.74, 6) is -1.00. The zero-order chi connectivity index (χ0) is 28.6. The number of phenols is 2. The molecule has 3 atom stereocenters. The van der Waals surface area contributed by atoms with Gasteiger partial charge in [-0.1, -0.05) is 37.3 Å². The highest BCUT2D eigenvalue weighted by molar-refractivity contribution is 5.93. The predicted molar refractivity (Wildman–Crippen MR) is 146 cm³/mol. The van der Waals surface area contributed by atoms with Crippen molar-refractivity contribution in [3.8, 4) is 11.5 Å². The van der Waals surface area contributed by atoms with Gasteiger partial charge in [0.15, 0.2) is 0 Å². The number of nitrogens with one attached hydrogen (secondary N) is 2. The molecule has 0 aliphatic heterocycles. The summed E-state index contributed by atoms with van der Waals surface area (Å²) in [5, 5.41) is 25.9. The number of para-hydroxylation sites is 1. The number of hydrogen-bond acceptors (Lipinski definition) is 6. The maximum Gasteiger partial charge on any atom is 0.408 e. The van der Waals surface area contributed by atoms with Gasteiger partial charge < -0.3 is 30.5 Å². The molecule has 0 bridgehead atoms. The molecule has 4 N–H and O–H groups in total. The van der Waals surface area contributed by atoms with Gasteiger partial charge in [0.2, 0.25) is 11.8 Å². The fraction of sp³-hybridized carbons (Fsp3) is 0.483. The van der Waals surface area contributed by atoms with Crippen molar-refractivity contribution >= 4 is 17.9 Å². The lowest BCUT2D eigenvalue weighted by Gasteiger charge is -2.38. The lowest BCUT2D eigenvalue weighted by atomic mass is 9.97. The quantitative estimate of drug-likeness (QED) is 0.362. The van der Waals surface area contributed by atoms with E-state index in [0.717, 1.165) is 0 Å². The minimum absolute atomic E-state index is 0.0722. The number of alkyl carbamates (subject to hydrolysis) is 1. The van der Waals surface area contributed by atoms with Crippen LogP contribution in [0.5, 0.6) is 11.5 Å². The molecule has 2 rings (SSSR count). The van der Waals surface area contributed by atoms with Crippen LogP contribution in [0.25, 0.3) is 0 Å². The van der Waals surface area contributed by atoms with Crippen LogP contribution < -0.4 is 10.6 Å². The fourth-order valence-electron chi connectivity index (χ4n) is 3.99. The minimum atomic E-state index is -1.15. The molecule has 2 aromatic rings. The van der Waals surface area contributed by atoms with Gasteiger partial charge in [-0.2, -0.15) is 0 Å². The molecule has 0 radical (unpaired) electrons. The summed E-state index contributed by atoms with van der Waals surface area (Å²) in [6.45, 7) is 12.5.